The van der Waals surface area contributed by atoms with Gasteiger partial charge in [-0.1, -0.05) is 26.8 Å². The molecule has 114 valence electrons. The zero-order valence-corrected chi connectivity index (χ0v) is 13.3. The van der Waals surface area contributed by atoms with Gasteiger partial charge in [0.2, 0.25) is 0 Å². The zero-order chi connectivity index (χ0) is 15.5. The average Bonchev–Trinajstić information content (AvgIpc) is 2.38. The first-order valence-electron chi connectivity index (χ1n) is 7.50. The van der Waals surface area contributed by atoms with Gasteiger partial charge in [0.1, 0.15) is 17.3 Å². The summed E-state index contributed by atoms with van der Waals surface area (Å²) in [5.74, 6) is 2.63. The first kappa shape index (κ1) is 15.6. The summed E-state index contributed by atoms with van der Waals surface area (Å²) in [6.07, 6.45) is 5.36. The minimum atomic E-state index is -0.322. The molecule has 0 aromatic heterocycles. The van der Waals surface area contributed by atoms with E-state index < -0.39 is 0 Å². The summed E-state index contributed by atoms with van der Waals surface area (Å²) in [5.41, 5.74) is 0.345. The van der Waals surface area contributed by atoms with Gasteiger partial charge in [0.25, 0.3) is 0 Å². The van der Waals surface area contributed by atoms with E-state index in [-0.39, 0.29) is 5.97 Å². The highest BCUT2D eigenvalue weighted by Crippen LogP contribution is 2.37. The normalized spacial score (nSPS) is 18.9. The van der Waals surface area contributed by atoms with Crippen LogP contribution in [0.5, 0.6) is 11.5 Å². The summed E-state index contributed by atoms with van der Waals surface area (Å²) in [5, 5.41) is 0. The predicted octanol–water partition coefficient (Wildman–Crippen LogP) is 4.72. The van der Waals surface area contributed by atoms with Crippen molar-refractivity contribution in [3.63, 3.8) is 0 Å². The van der Waals surface area contributed by atoms with Gasteiger partial charge in [0.15, 0.2) is 0 Å². The largest absolute Gasteiger partial charge is 0.462 e. The number of hydrogen-bond acceptors (Lipinski definition) is 3. The number of carbonyl (C=O) groups is 1. The number of esters is 1. The molecule has 0 amide bonds. The highest BCUT2D eigenvalue weighted by Gasteiger charge is 2.26. The van der Waals surface area contributed by atoms with Crippen molar-refractivity contribution >= 4 is 5.97 Å². The Balaban J connectivity index is 2.00. The molecular weight excluding hydrogens is 264 g/mol. The molecule has 0 saturated carbocycles. The standard InChI is InChI=1S/C18H24O3/c1-13(19)20-16-6-5-7-17(12-16)21-15-10-8-14(9-11-15)18(2,3)4/h5-7,10,12,14H,8-9,11H2,1-4H3. The van der Waals surface area contributed by atoms with Crippen LogP contribution in [0, 0.1) is 11.3 Å². The molecule has 0 heterocycles. The Bertz CT molecular complexity index is 538. The lowest BCUT2D eigenvalue weighted by Gasteiger charge is -2.33. The van der Waals surface area contributed by atoms with E-state index in [1.54, 1.807) is 12.1 Å². The van der Waals surface area contributed by atoms with Gasteiger partial charge in [-0.05, 0) is 42.4 Å². The van der Waals surface area contributed by atoms with Crippen LogP contribution in [0.2, 0.25) is 0 Å². The smallest absolute Gasteiger partial charge is 0.308 e. The van der Waals surface area contributed by atoms with Crippen LogP contribution in [0.3, 0.4) is 0 Å². The molecule has 0 aliphatic heterocycles. The number of ether oxygens (including phenoxy) is 2. The van der Waals surface area contributed by atoms with E-state index in [1.807, 2.05) is 12.1 Å². The second-order valence-corrected chi connectivity index (χ2v) is 6.68. The van der Waals surface area contributed by atoms with Crippen molar-refractivity contribution in [1.82, 2.24) is 0 Å². The van der Waals surface area contributed by atoms with Crippen LogP contribution >= 0.6 is 0 Å². The van der Waals surface area contributed by atoms with Crippen LogP contribution in [0.25, 0.3) is 0 Å². The number of benzene rings is 1. The summed E-state index contributed by atoms with van der Waals surface area (Å²) in [7, 11) is 0. The fraction of sp³-hybridized carbons (Fsp3) is 0.500. The third-order valence-electron chi connectivity index (χ3n) is 3.91. The van der Waals surface area contributed by atoms with E-state index in [4.69, 9.17) is 9.47 Å². The molecule has 0 saturated heterocycles. The van der Waals surface area contributed by atoms with E-state index in [0.717, 1.165) is 25.0 Å². The Labute approximate surface area is 127 Å². The van der Waals surface area contributed by atoms with Gasteiger partial charge in [0, 0.05) is 19.4 Å². The van der Waals surface area contributed by atoms with Crippen molar-refractivity contribution < 1.29 is 14.3 Å². The van der Waals surface area contributed by atoms with Gasteiger partial charge in [-0.3, -0.25) is 4.79 Å². The first-order chi connectivity index (χ1) is 9.84. The van der Waals surface area contributed by atoms with Gasteiger partial charge in [-0.15, -0.1) is 0 Å². The van der Waals surface area contributed by atoms with Gasteiger partial charge >= 0.3 is 5.97 Å². The number of hydrogen-bond donors (Lipinski definition) is 0. The number of allylic oxidation sites excluding steroid dienone is 2. The van der Waals surface area contributed by atoms with Crippen molar-refractivity contribution in [2.45, 2.75) is 47.0 Å². The van der Waals surface area contributed by atoms with E-state index in [2.05, 4.69) is 26.8 Å². The summed E-state index contributed by atoms with van der Waals surface area (Å²) in [4.78, 5) is 11.0. The molecule has 1 unspecified atom stereocenters. The zero-order valence-electron chi connectivity index (χ0n) is 13.3. The fourth-order valence-corrected chi connectivity index (χ4v) is 2.61. The Morgan fingerprint density at radius 1 is 1.24 bits per heavy atom. The lowest BCUT2D eigenvalue weighted by molar-refractivity contribution is -0.131. The maximum absolute atomic E-state index is 11.0. The third-order valence-corrected chi connectivity index (χ3v) is 3.91. The molecule has 1 aromatic carbocycles. The highest BCUT2D eigenvalue weighted by molar-refractivity contribution is 5.69. The molecule has 1 aromatic rings. The van der Waals surface area contributed by atoms with E-state index in [1.165, 1.54) is 6.92 Å². The lowest BCUT2D eigenvalue weighted by atomic mass is 9.74. The Kier molecular flexibility index (Phi) is 4.71. The molecule has 1 aliphatic carbocycles. The van der Waals surface area contributed by atoms with Crippen LogP contribution in [-0.2, 0) is 4.79 Å². The predicted molar refractivity (Wildman–Crippen MR) is 83.3 cm³/mol. The average molecular weight is 288 g/mol. The van der Waals surface area contributed by atoms with Crippen LogP contribution in [0.15, 0.2) is 36.1 Å². The SMILES string of the molecule is CC(=O)Oc1cccc(OC2=CCC(C(C)(C)C)CC2)c1. The van der Waals surface area contributed by atoms with Gasteiger partial charge in [-0.2, -0.15) is 0 Å². The third kappa shape index (κ3) is 4.62. The van der Waals surface area contributed by atoms with Crippen molar-refractivity contribution in [1.29, 1.82) is 0 Å². The maximum Gasteiger partial charge on any atom is 0.308 e. The van der Waals surface area contributed by atoms with Crippen molar-refractivity contribution in [2.24, 2.45) is 11.3 Å². The molecule has 3 heteroatoms. The van der Waals surface area contributed by atoms with Crippen LogP contribution in [0.1, 0.15) is 47.0 Å². The second-order valence-electron chi connectivity index (χ2n) is 6.68. The Morgan fingerprint density at radius 3 is 2.52 bits per heavy atom. The molecule has 3 nitrogen and oxygen atoms in total. The Morgan fingerprint density at radius 2 is 1.95 bits per heavy atom. The van der Waals surface area contributed by atoms with Gasteiger partial charge in [0.05, 0.1) is 0 Å². The Hall–Kier alpha value is -1.77. The molecule has 1 atom stereocenters. The minimum Gasteiger partial charge on any atom is -0.462 e. The molecule has 0 bridgehead atoms. The molecule has 0 radical (unpaired) electrons. The molecule has 0 N–H and O–H groups in total. The number of rotatable bonds is 3. The topological polar surface area (TPSA) is 35.5 Å². The van der Waals surface area contributed by atoms with E-state index in [0.29, 0.717) is 22.8 Å². The molecule has 2 rings (SSSR count). The lowest BCUT2D eigenvalue weighted by Crippen LogP contribution is -2.22. The van der Waals surface area contributed by atoms with E-state index >= 15 is 0 Å². The minimum absolute atomic E-state index is 0.322. The first-order valence-corrected chi connectivity index (χ1v) is 7.50. The summed E-state index contributed by atoms with van der Waals surface area (Å²) < 4.78 is 11.0. The van der Waals surface area contributed by atoms with Crippen molar-refractivity contribution in [3.8, 4) is 11.5 Å². The monoisotopic (exact) mass is 288 g/mol. The fourth-order valence-electron chi connectivity index (χ4n) is 2.61. The molecule has 0 spiro atoms. The van der Waals surface area contributed by atoms with Crippen molar-refractivity contribution in [2.75, 3.05) is 0 Å². The van der Waals surface area contributed by atoms with Gasteiger partial charge in [-0.25, -0.2) is 0 Å². The van der Waals surface area contributed by atoms with Crippen LogP contribution < -0.4 is 9.47 Å². The molecule has 0 fully saturated rings. The van der Waals surface area contributed by atoms with Gasteiger partial charge < -0.3 is 9.47 Å². The highest BCUT2D eigenvalue weighted by atomic mass is 16.5. The number of carbonyl (C=O) groups excluding carboxylic acids is 1. The van der Waals surface area contributed by atoms with Crippen molar-refractivity contribution in [3.05, 3.63) is 36.1 Å². The second kappa shape index (κ2) is 6.33. The summed E-state index contributed by atoms with van der Waals surface area (Å²) in [6.45, 7) is 8.27. The summed E-state index contributed by atoms with van der Waals surface area (Å²) >= 11 is 0. The van der Waals surface area contributed by atoms with Crippen LogP contribution in [-0.4, -0.2) is 5.97 Å². The summed E-state index contributed by atoms with van der Waals surface area (Å²) in [6, 6.07) is 7.20. The molecule has 1 aliphatic rings. The van der Waals surface area contributed by atoms with E-state index in [9.17, 15) is 4.79 Å². The molecular formula is C18H24O3. The quantitative estimate of drug-likeness (QED) is 0.596. The molecule has 21 heavy (non-hydrogen) atoms. The van der Waals surface area contributed by atoms with Crippen LogP contribution in [0.4, 0.5) is 0 Å². The maximum atomic E-state index is 11.0.